The van der Waals surface area contributed by atoms with Crippen molar-refractivity contribution < 1.29 is 4.74 Å². The van der Waals surface area contributed by atoms with Gasteiger partial charge in [0, 0.05) is 19.9 Å². The molecular weight excluding hydrogens is 152 g/mol. The van der Waals surface area contributed by atoms with Gasteiger partial charge in [-0.3, -0.25) is 0 Å². The summed E-state index contributed by atoms with van der Waals surface area (Å²) in [6, 6.07) is 0.547. The molecule has 1 aliphatic rings. The lowest BCUT2D eigenvalue weighted by Crippen LogP contribution is -2.40. The van der Waals surface area contributed by atoms with Crippen molar-refractivity contribution >= 4 is 0 Å². The van der Waals surface area contributed by atoms with Crippen molar-refractivity contribution in [2.75, 3.05) is 20.3 Å². The van der Waals surface area contributed by atoms with Crippen molar-refractivity contribution in [2.24, 2.45) is 0 Å². The minimum Gasteiger partial charge on any atom is -0.383 e. The average Bonchev–Trinajstić information content (AvgIpc) is 2.50. The molecule has 0 amide bonds. The molecule has 0 aromatic carbocycles. The van der Waals surface area contributed by atoms with Gasteiger partial charge in [0.1, 0.15) is 0 Å². The Kier molecular flexibility index (Phi) is 4.11. The molecule has 0 spiro atoms. The minimum absolute atomic E-state index is 0.547. The second-order valence-electron chi connectivity index (χ2n) is 3.07. The molecule has 3 heteroatoms. The van der Waals surface area contributed by atoms with Gasteiger partial charge in [0.15, 0.2) is 0 Å². The monoisotopic (exact) mass is 170 g/mol. The fourth-order valence-corrected chi connectivity index (χ4v) is 1.54. The molecule has 1 rings (SSSR count). The molecule has 12 heavy (non-hydrogen) atoms. The zero-order chi connectivity index (χ0) is 8.81. The zero-order valence-corrected chi connectivity index (χ0v) is 7.92. The van der Waals surface area contributed by atoms with Crippen LogP contribution in [0.25, 0.3) is 0 Å². The van der Waals surface area contributed by atoms with E-state index in [1.807, 2.05) is 19.2 Å². The number of hydrogen-bond acceptors (Lipinski definition) is 3. The summed E-state index contributed by atoms with van der Waals surface area (Å²) in [6.45, 7) is 3.96. The highest BCUT2D eigenvalue weighted by Gasteiger charge is 2.22. The largest absolute Gasteiger partial charge is 0.383 e. The summed E-state index contributed by atoms with van der Waals surface area (Å²) in [5, 5.41) is 2.24. The summed E-state index contributed by atoms with van der Waals surface area (Å²) in [5.74, 6) is 0. The van der Waals surface area contributed by atoms with Crippen LogP contribution < -0.4 is 5.43 Å². The van der Waals surface area contributed by atoms with E-state index in [1.165, 1.54) is 12.8 Å². The summed E-state index contributed by atoms with van der Waals surface area (Å²) in [5.41, 5.74) is 3.24. The Labute approximate surface area is 74.4 Å². The van der Waals surface area contributed by atoms with Gasteiger partial charge in [-0.15, -0.1) is 0 Å². The van der Waals surface area contributed by atoms with Crippen LogP contribution in [0.15, 0.2) is 12.3 Å². The van der Waals surface area contributed by atoms with Crippen LogP contribution in [0.4, 0.5) is 0 Å². The molecule has 0 radical (unpaired) electrons. The molecule has 0 aliphatic carbocycles. The van der Waals surface area contributed by atoms with Crippen molar-refractivity contribution in [3.05, 3.63) is 12.3 Å². The lowest BCUT2D eigenvalue weighted by Gasteiger charge is -2.23. The van der Waals surface area contributed by atoms with Crippen LogP contribution in [-0.2, 0) is 4.74 Å². The van der Waals surface area contributed by atoms with Crippen molar-refractivity contribution in [2.45, 2.75) is 25.8 Å². The van der Waals surface area contributed by atoms with E-state index in [1.54, 1.807) is 7.11 Å². The fraction of sp³-hybridized carbons (Fsp3) is 0.778. The quantitative estimate of drug-likeness (QED) is 0.684. The second-order valence-corrected chi connectivity index (χ2v) is 3.07. The molecule has 0 unspecified atom stereocenters. The van der Waals surface area contributed by atoms with Gasteiger partial charge in [-0.05, 0) is 19.8 Å². The van der Waals surface area contributed by atoms with Crippen molar-refractivity contribution in [3.63, 3.8) is 0 Å². The van der Waals surface area contributed by atoms with E-state index in [-0.39, 0.29) is 0 Å². The number of nitrogens with zero attached hydrogens (tertiary/aromatic N) is 1. The number of nitrogens with one attached hydrogen (secondary N) is 1. The first kappa shape index (κ1) is 9.55. The highest BCUT2D eigenvalue weighted by atomic mass is 16.5. The topological polar surface area (TPSA) is 24.5 Å². The van der Waals surface area contributed by atoms with Crippen LogP contribution in [0.5, 0.6) is 0 Å². The Morgan fingerprint density at radius 2 is 2.50 bits per heavy atom. The van der Waals surface area contributed by atoms with Crippen LogP contribution in [0.3, 0.4) is 0 Å². The standard InChI is InChI=1S/C9H18N2O/c1-3-6-10-11-7-4-5-9(11)8-12-2/h3,6,9-10H,4-5,7-8H2,1-2H3/b6-3-/t9-/m0/s1. The highest BCUT2D eigenvalue weighted by Crippen LogP contribution is 2.14. The molecule has 1 aliphatic heterocycles. The van der Waals surface area contributed by atoms with E-state index >= 15 is 0 Å². The van der Waals surface area contributed by atoms with Crippen LogP contribution in [-0.4, -0.2) is 31.3 Å². The third-order valence-corrected chi connectivity index (χ3v) is 2.14. The maximum Gasteiger partial charge on any atom is 0.0636 e. The van der Waals surface area contributed by atoms with E-state index in [9.17, 15) is 0 Å². The molecule has 1 heterocycles. The van der Waals surface area contributed by atoms with Crippen LogP contribution in [0.1, 0.15) is 19.8 Å². The molecule has 1 saturated heterocycles. The van der Waals surface area contributed by atoms with Gasteiger partial charge in [-0.25, -0.2) is 5.01 Å². The predicted octanol–water partition coefficient (Wildman–Crippen LogP) is 1.14. The highest BCUT2D eigenvalue weighted by molar-refractivity contribution is 4.81. The summed E-state index contributed by atoms with van der Waals surface area (Å²) < 4.78 is 5.13. The van der Waals surface area contributed by atoms with Gasteiger partial charge in [0.05, 0.1) is 12.6 Å². The normalized spacial score (nSPS) is 25.3. The Hall–Kier alpha value is -0.540. The first-order chi connectivity index (χ1) is 5.88. The Balaban J connectivity index is 2.30. The molecule has 1 fully saturated rings. The number of rotatable bonds is 4. The lowest BCUT2D eigenvalue weighted by atomic mass is 10.2. The van der Waals surface area contributed by atoms with Crippen LogP contribution in [0.2, 0.25) is 0 Å². The van der Waals surface area contributed by atoms with Crippen LogP contribution >= 0.6 is 0 Å². The van der Waals surface area contributed by atoms with Gasteiger partial charge < -0.3 is 10.2 Å². The number of ether oxygens (including phenoxy) is 1. The molecule has 0 aromatic rings. The van der Waals surface area contributed by atoms with E-state index < -0.39 is 0 Å². The van der Waals surface area contributed by atoms with Gasteiger partial charge >= 0.3 is 0 Å². The Morgan fingerprint density at radius 3 is 3.17 bits per heavy atom. The molecule has 1 N–H and O–H groups in total. The maximum atomic E-state index is 5.13. The maximum absolute atomic E-state index is 5.13. The van der Waals surface area contributed by atoms with E-state index in [4.69, 9.17) is 4.74 Å². The van der Waals surface area contributed by atoms with Crippen LogP contribution in [0, 0.1) is 0 Å². The third-order valence-electron chi connectivity index (χ3n) is 2.14. The SMILES string of the molecule is C/C=C\NN1CCC[C@H]1COC. The summed E-state index contributed by atoms with van der Waals surface area (Å²) >= 11 is 0. The average molecular weight is 170 g/mol. The zero-order valence-electron chi connectivity index (χ0n) is 7.92. The summed E-state index contributed by atoms with van der Waals surface area (Å²) in [4.78, 5) is 0. The van der Waals surface area contributed by atoms with Gasteiger partial charge in [-0.1, -0.05) is 6.08 Å². The fourth-order valence-electron chi connectivity index (χ4n) is 1.54. The molecule has 1 atom stereocenters. The predicted molar refractivity (Wildman–Crippen MR) is 49.6 cm³/mol. The summed E-state index contributed by atoms with van der Waals surface area (Å²) in [7, 11) is 1.76. The van der Waals surface area contributed by atoms with Gasteiger partial charge in [0.2, 0.25) is 0 Å². The number of allylic oxidation sites excluding steroid dienone is 1. The smallest absolute Gasteiger partial charge is 0.0636 e. The minimum atomic E-state index is 0.547. The first-order valence-corrected chi connectivity index (χ1v) is 4.51. The van der Waals surface area contributed by atoms with Crippen molar-refractivity contribution in [1.29, 1.82) is 0 Å². The molecular formula is C9H18N2O. The third kappa shape index (κ3) is 2.50. The number of hydrogen-bond donors (Lipinski definition) is 1. The first-order valence-electron chi connectivity index (χ1n) is 4.51. The van der Waals surface area contributed by atoms with Gasteiger partial charge in [-0.2, -0.15) is 0 Å². The second kappa shape index (κ2) is 5.17. The van der Waals surface area contributed by atoms with E-state index in [0.29, 0.717) is 6.04 Å². The molecule has 3 nitrogen and oxygen atoms in total. The van der Waals surface area contributed by atoms with Gasteiger partial charge in [0.25, 0.3) is 0 Å². The Morgan fingerprint density at radius 1 is 1.67 bits per heavy atom. The number of hydrazine groups is 1. The lowest BCUT2D eigenvalue weighted by molar-refractivity contribution is 0.0960. The van der Waals surface area contributed by atoms with Crippen molar-refractivity contribution in [1.82, 2.24) is 10.4 Å². The van der Waals surface area contributed by atoms with Crippen molar-refractivity contribution in [3.8, 4) is 0 Å². The molecule has 70 valence electrons. The number of methoxy groups -OCH3 is 1. The Bertz CT molecular complexity index is 147. The summed E-state index contributed by atoms with van der Waals surface area (Å²) in [6.07, 6.45) is 6.47. The molecule has 0 bridgehead atoms. The van der Waals surface area contributed by atoms with E-state index in [0.717, 1.165) is 13.2 Å². The van der Waals surface area contributed by atoms with E-state index in [2.05, 4.69) is 10.4 Å². The molecule has 0 saturated carbocycles. The molecule has 0 aromatic heterocycles.